The smallest absolute Gasteiger partial charge is 0.175 e. The first-order valence-corrected chi connectivity index (χ1v) is 6.29. The number of aromatic nitrogens is 4. The summed E-state index contributed by atoms with van der Waals surface area (Å²) < 4.78 is 1.88. The van der Waals surface area contributed by atoms with Crippen LogP contribution in [-0.2, 0) is 6.54 Å². The van der Waals surface area contributed by atoms with Crippen LogP contribution in [0.5, 0.6) is 0 Å². The monoisotopic (exact) mass is 245 g/mol. The van der Waals surface area contributed by atoms with Crippen molar-refractivity contribution in [3.05, 3.63) is 35.8 Å². The molecule has 0 bridgehead atoms. The van der Waals surface area contributed by atoms with Crippen molar-refractivity contribution >= 4 is 0 Å². The van der Waals surface area contributed by atoms with Crippen molar-refractivity contribution in [2.75, 3.05) is 6.54 Å². The maximum atomic E-state index is 4.43. The molecular weight excluding hydrogens is 226 g/mol. The average molecular weight is 245 g/mol. The Morgan fingerprint density at radius 2 is 2.22 bits per heavy atom. The van der Waals surface area contributed by atoms with Gasteiger partial charge in [0.2, 0.25) is 0 Å². The molecule has 0 unspecified atom stereocenters. The number of hydrogen-bond acceptors (Lipinski definition) is 4. The molecule has 0 radical (unpaired) electrons. The van der Waals surface area contributed by atoms with Crippen molar-refractivity contribution in [3.63, 3.8) is 0 Å². The molecule has 96 valence electrons. The molecule has 0 aromatic carbocycles. The Bertz CT molecular complexity index is 489. The fraction of sp³-hybridized carbons (Fsp3) is 0.462. The van der Waals surface area contributed by atoms with Gasteiger partial charge in [-0.05, 0) is 24.6 Å². The molecule has 0 saturated carbocycles. The Balaban J connectivity index is 2.39. The molecule has 5 nitrogen and oxygen atoms in total. The molecule has 0 aliphatic carbocycles. The van der Waals surface area contributed by atoms with Gasteiger partial charge in [0.15, 0.2) is 5.82 Å². The zero-order valence-electron chi connectivity index (χ0n) is 11.1. The van der Waals surface area contributed by atoms with Gasteiger partial charge in [-0.15, -0.1) is 5.10 Å². The van der Waals surface area contributed by atoms with E-state index in [0.29, 0.717) is 5.92 Å². The lowest BCUT2D eigenvalue weighted by Crippen LogP contribution is -2.14. The van der Waals surface area contributed by atoms with Crippen LogP contribution in [0.4, 0.5) is 0 Å². The van der Waals surface area contributed by atoms with Crippen LogP contribution in [0.15, 0.2) is 24.5 Å². The predicted octanol–water partition coefficient (Wildman–Crippen LogP) is 1.90. The van der Waals surface area contributed by atoms with Crippen LogP contribution < -0.4 is 5.32 Å². The van der Waals surface area contributed by atoms with Crippen LogP contribution in [0.1, 0.15) is 37.9 Å². The molecule has 0 amide bonds. The number of nitrogens with zero attached hydrogens (tertiary/aromatic N) is 4. The lowest BCUT2D eigenvalue weighted by Gasteiger charge is -2.11. The van der Waals surface area contributed by atoms with Gasteiger partial charge in [-0.1, -0.05) is 20.8 Å². The summed E-state index contributed by atoms with van der Waals surface area (Å²) in [6.07, 6.45) is 3.58. The quantitative estimate of drug-likeness (QED) is 0.874. The van der Waals surface area contributed by atoms with E-state index < -0.39 is 0 Å². The van der Waals surface area contributed by atoms with Gasteiger partial charge in [0.25, 0.3) is 0 Å². The molecule has 0 aliphatic rings. The fourth-order valence-electron chi connectivity index (χ4n) is 1.99. The van der Waals surface area contributed by atoms with Gasteiger partial charge < -0.3 is 5.32 Å². The molecule has 0 saturated heterocycles. The molecule has 0 spiro atoms. The average Bonchev–Trinajstić information content (AvgIpc) is 2.81. The third kappa shape index (κ3) is 2.56. The standard InChI is InChI=1S/C13H19N5/c1-4-14-8-11-9-16-18(13(11)10(2)3)12-6-5-7-15-17-12/h5-7,9-10,14H,4,8H2,1-3H3. The number of rotatable bonds is 5. The topological polar surface area (TPSA) is 55.6 Å². The summed E-state index contributed by atoms with van der Waals surface area (Å²) >= 11 is 0. The summed E-state index contributed by atoms with van der Waals surface area (Å²) in [6.45, 7) is 8.22. The lowest BCUT2D eigenvalue weighted by atomic mass is 10.1. The summed E-state index contributed by atoms with van der Waals surface area (Å²) in [5, 5.41) is 15.8. The van der Waals surface area contributed by atoms with E-state index in [0.717, 1.165) is 18.9 Å². The SMILES string of the molecule is CCNCc1cnn(-c2cccnn2)c1C(C)C. The highest BCUT2D eigenvalue weighted by Gasteiger charge is 2.15. The second-order valence-corrected chi connectivity index (χ2v) is 4.48. The molecule has 1 N–H and O–H groups in total. The molecule has 2 aromatic rings. The zero-order valence-corrected chi connectivity index (χ0v) is 11.1. The highest BCUT2D eigenvalue weighted by Crippen LogP contribution is 2.21. The maximum Gasteiger partial charge on any atom is 0.175 e. The molecule has 0 aliphatic heterocycles. The predicted molar refractivity (Wildman–Crippen MR) is 70.6 cm³/mol. The van der Waals surface area contributed by atoms with Gasteiger partial charge in [0, 0.05) is 18.3 Å². The highest BCUT2D eigenvalue weighted by atomic mass is 15.3. The maximum absolute atomic E-state index is 4.43. The highest BCUT2D eigenvalue weighted by molar-refractivity contribution is 5.29. The molecule has 2 aromatic heterocycles. The summed E-state index contributed by atoms with van der Waals surface area (Å²) in [6, 6.07) is 3.79. The van der Waals surface area contributed by atoms with E-state index in [-0.39, 0.29) is 0 Å². The first-order valence-electron chi connectivity index (χ1n) is 6.29. The van der Waals surface area contributed by atoms with Crippen LogP contribution in [0.2, 0.25) is 0 Å². The molecule has 0 fully saturated rings. The molecule has 0 atom stereocenters. The minimum Gasteiger partial charge on any atom is -0.313 e. The molecule has 2 rings (SSSR count). The molecule has 5 heteroatoms. The van der Waals surface area contributed by atoms with Crippen molar-refractivity contribution < 1.29 is 0 Å². The van der Waals surface area contributed by atoms with Gasteiger partial charge in [-0.2, -0.15) is 10.2 Å². The summed E-state index contributed by atoms with van der Waals surface area (Å²) in [4.78, 5) is 0. The van der Waals surface area contributed by atoms with Crippen molar-refractivity contribution in [2.24, 2.45) is 0 Å². The van der Waals surface area contributed by atoms with Crippen molar-refractivity contribution in [1.29, 1.82) is 0 Å². The second-order valence-electron chi connectivity index (χ2n) is 4.48. The summed E-state index contributed by atoms with van der Waals surface area (Å²) in [7, 11) is 0. The van der Waals surface area contributed by atoms with E-state index >= 15 is 0 Å². The van der Waals surface area contributed by atoms with E-state index in [2.05, 4.69) is 41.4 Å². The van der Waals surface area contributed by atoms with Gasteiger partial charge in [-0.3, -0.25) is 0 Å². The first-order chi connectivity index (χ1) is 8.74. The van der Waals surface area contributed by atoms with Gasteiger partial charge in [0.05, 0.1) is 11.9 Å². The fourth-order valence-corrected chi connectivity index (χ4v) is 1.99. The minimum absolute atomic E-state index is 0.392. The van der Waals surface area contributed by atoms with Crippen LogP contribution >= 0.6 is 0 Å². The van der Waals surface area contributed by atoms with E-state index in [1.165, 1.54) is 11.3 Å². The normalized spacial score (nSPS) is 11.1. The lowest BCUT2D eigenvalue weighted by molar-refractivity contribution is 0.680. The third-order valence-electron chi connectivity index (χ3n) is 2.77. The second kappa shape index (κ2) is 5.73. The van der Waals surface area contributed by atoms with Crippen LogP contribution in [-0.4, -0.2) is 26.5 Å². The van der Waals surface area contributed by atoms with Crippen molar-refractivity contribution in [2.45, 2.75) is 33.2 Å². The van der Waals surface area contributed by atoms with Gasteiger partial charge >= 0.3 is 0 Å². The summed E-state index contributed by atoms with van der Waals surface area (Å²) in [5.41, 5.74) is 2.41. The van der Waals surface area contributed by atoms with Crippen LogP contribution in [0.3, 0.4) is 0 Å². The Labute approximate surface area is 107 Å². The van der Waals surface area contributed by atoms with Crippen LogP contribution in [0.25, 0.3) is 5.82 Å². The Hall–Kier alpha value is -1.75. The molecule has 18 heavy (non-hydrogen) atoms. The van der Waals surface area contributed by atoms with Gasteiger partial charge in [-0.25, -0.2) is 4.68 Å². The van der Waals surface area contributed by atoms with Crippen molar-refractivity contribution in [1.82, 2.24) is 25.3 Å². The van der Waals surface area contributed by atoms with Crippen LogP contribution in [0, 0.1) is 0 Å². The Morgan fingerprint density at radius 3 is 2.83 bits per heavy atom. The van der Waals surface area contributed by atoms with E-state index in [4.69, 9.17) is 0 Å². The molecular formula is C13H19N5. The van der Waals surface area contributed by atoms with Gasteiger partial charge in [0.1, 0.15) is 0 Å². The van der Waals surface area contributed by atoms with E-state index in [9.17, 15) is 0 Å². The minimum atomic E-state index is 0.392. The van der Waals surface area contributed by atoms with Crippen molar-refractivity contribution in [3.8, 4) is 5.82 Å². The van der Waals surface area contributed by atoms with E-state index in [1.54, 1.807) is 6.20 Å². The largest absolute Gasteiger partial charge is 0.313 e. The first kappa shape index (κ1) is 12.7. The molecule has 2 heterocycles. The third-order valence-corrected chi connectivity index (χ3v) is 2.77. The summed E-state index contributed by atoms with van der Waals surface area (Å²) in [5.74, 6) is 1.16. The Morgan fingerprint density at radius 1 is 1.39 bits per heavy atom. The number of nitrogens with one attached hydrogen (secondary N) is 1. The Kier molecular flexibility index (Phi) is 4.04. The number of hydrogen-bond donors (Lipinski definition) is 1. The van der Waals surface area contributed by atoms with E-state index in [1.807, 2.05) is 23.0 Å². The zero-order chi connectivity index (χ0) is 13.0.